The Kier molecular flexibility index (Phi) is 4.44. The molecule has 136 valence electrons. The lowest BCUT2D eigenvalue weighted by molar-refractivity contribution is 0.0300. The van der Waals surface area contributed by atoms with Crippen molar-refractivity contribution in [2.24, 2.45) is 21.1 Å². The normalized spacial score (nSPS) is 29.5. The van der Waals surface area contributed by atoms with Crippen LogP contribution >= 0.6 is 11.6 Å². The van der Waals surface area contributed by atoms with Gasteiger partial charge >= 0.3 is 10.5 Å². The summed E-state index contributed by atoms with van der Waals surface area (Å²) in [6.07, 6.45) is 3.00. The number of fused-ring (bicyclic) bond motifs is 2. The van der Waals surface area contributed by atoms with Crippen LogP contribution in [-0.4, -0.2) is 20.4 Å². The van der Waals surface area contributed by atoms with E-state index in [9.17, 15) is 17.6 Å². The van der Waals surface area contributed by atoms with Gasteiger partial charge in [-0.15, -0.1) is 0 Å². The van der Waals surface area contributed by atoms with Crippen molar-refractivity contribution in [1.82, 2.24) is 0 Å². The van der Waals surface area contributed by atoms with E-state index in [0.717, 1.165) is 31.4 Å². The van der Waals surface area contributed by atoms with Crippen LogP contribution in [0.15, 0.2) is 16.5 Å². The van der Waals surface area contributed by atoms with Gasteiger partial charge in [0.15, 0.2) is 0 Å². The lowest BCUT2D eigenvalue weighted by atomic mass is 9.70. The number of hydrogen-bond acceptors (Lipinski definition) is 4. The van der Waals surface area contributed by atoms with Crippen molar-refractivity contribution in [2.45, 2.75) is 46.1 Å². The first-order valence-corrected chi connectivity index (χ1v) is 9.48. The molecule has 8 heteroatoms. The highest BCUT2D eigenvalue weighted by Crippen LogP contribution is 2.66. The highest BCUT2D eigenvalue weighted by molar-refractivity contribution is 7.62. The van der Waals surface area contributed by atoms with Crippen LogP contribution in [0, 0.1) is 22.6 Å². The van der Waals surface area contributed by atoms with E-state index >= 15 is 0 Å². The Morgan fingerprint density at radius 2 is 2.04 bits per heavy atom. The molecule has 0 aliphatic heterocycles. The average molecular weight is 388 g/mol. The third kappa shape index (κ3) is 2.87. The van der Waals surface area contributed by atoms with Gasteiger partial charge in [-0.2, -0.15) is 8.42 Å². The zero-order valence-electron chi connectivity index (χ0n) is 14.2. The summed E-state index contributed by atoms with van der Waals surface area (Å²) in [7, 11) is -2.95. The molecular formula is C17H19ClFNO4S. The van der Waals surface area contributed by atoms with Crippen molar-refractivity contribution < 1.29 is 22.3 Å². The summed E-state index contributed by atoms with van der Waals surface area (Å²) in [6.45, 7) is 6.67. The first-order chi connectivity index (χ1) is 11.6. The minimum Gasteiger partial charge on any atom is -0.488 e. The van der Waals surface area contributed by atoms with Gasteiger partial charge in [-0.1, -0.05) is 36.7 Å². The zero-order valence-corrected chi connectivity index (χ0v) is 15.7. The third-order valence-electron chi connectivity index (χ3n) is 6.39. The third-order valence-corrected chi connectivity index (χ3v) is 7.00. The summed E-state index contributed by atoms with van der Waals surface area (Å²) in [5.41, 5.74) is -0.391. The summed E-state index contributed by atoms with van der Waals surface area (Å²) in [5, 5.41) is 0.0563. The number of halogens is 2. The van der Waals surface area contributed by atoms with E-state index in [4.69, 9.17) is 16.3 Å². The van der Waals surface area contributed by atoms with Gasteiger partial charge in [0.2, 0.25) is 0 Å². The number of nitrogens with zero attached hydrogens (tertiary/aromatic N) is 1. The van der Waals surface area contributed by atoms with E-state index in [1.807, 2.05) is 0 Å². The van der Waals surface area contributed by atoms with E-state index in [-0.39, 0.29) is 27.7 Å². The average Bonchev–Trinajstić information content (AvgIpc) is 2.83. The van der Waals surface area contributed by atoms with Crippen molar-refractivity contribution in [3.63, 3.8) is 0 Å². The Hall–Kier alpha value is -1.47. The van der Waals surface area contributed by atoms with Crippen LogP contribution < -0.4 is 4.74 Å². The Labute approximate surface area is 152 Å². The van der Waals surface area contributed by atoms with E-state index in [1.54, 1.807) is 0 Å². The van der Waals surface area contributed by atoms with Crippen molar-refractivity contribution in [1.29, 1.82) is 0 Å². The van der Waals surface area contributed by atoms with Gasteiger partial charge in [0.1, 0.15) is 17.7 Å². The number of carbonyl (C=O) groups is 1. The van der Waals surface area contributed by atoms with Crippen molar-refractivity contribution in [3.8, 4) is 5.75 Å². The molecule has 0 radical (unpaired) electrons. The smallest absolute Gasteiger partial charge is 0.319 e. The molecule has 1 aromatic carbocycles. The Balaban J connectivity index is 1.89. The van der Waals surface area contributed by atoms with E-state index < -0.39 is 27.8 Å². The fraction of sp³-hybridized carbons (Fsp3) is 0.588. The molecule has 3 rings (SSSR count). The standard InChI is InChI=1S/C17H19ClFNO4S/c1-16(2)9-4-5-17(16,3)14(6-9)24-13-8-12(19)10(7-11(13)18)15(21)20-25(22)23/h7-9,14H,4-6H2,1-3H3/t9-,14+,17+/m0/s1. The fourth-order valence-corrected chi connectivity index (χ4v) is 4.80. The molecule has 2 saturated carbocycles. The van der Waals surface area contributed by atoms with Gasteiger partial charge in [-0.3, -0.25) is 4.79 Å². The molecule has 2 aliphatic carbocycles. The highest BCUT2D eigenvalue weighted by atomic mass is 35.5. The molecule has 2 bridgehead atoms. The molecule has 1 aromatic rings. The summed E-state index contributed by atoms with van der Waals surface area (Å²) in [6, 6.07) is 2.09. The summed E-state index contributed by atoms with van der Waals surface area (Å²) in [4.78, 5) is 11.6. The second-order valence-electron chi connectivity index (χ2n) is 7.59. The predicted octanol–water partition coefficient (Wildman–Crippen LogP) is 4.28. The Morgan fingerprint density at radius 3 is 2.56 bits per heavy atom. The van der Waals surface area contributed by atoms with Crippen molar-refractivity contribution in [3.05, 3.63) is 28.5 Å². The molecule has 0 spiro atoms. The first-order valence-electron chi connectivity index (χ1n) is 8.07. The number of amides is 1. The van der Waals surface area contributed by atoms with Crippen LogP contribution in [0.3, 0.4) is 0 Å². The highest BCUT2D eigenvalue weighted by Gasteiger charge is 2.62. The van der Waals surface area contributed by atoms with Crippen molar-refractivity contribution >= 4 is 28.0 Å². The zero-order chi connectivity index (χ0) is 18.6. The molecule has 0 heterocycles. The predicted molar refractivity (Wildman–Crippen MR) is 90.7 cm³/mol. The second-order valence-corrected chi connectivity index (χ2v) is 8.62. The molecule has 3 atom stereocenters. The molecule has 2 aliphatic rings. The summed E-state index contributed by atoms with van der Waals surface area (Å²) >= 11 is 6.14. The molecule has 0 N–H and O–H groups in total. The largest absolute Gasteiger partial charge is 0.488 e. The second kappa shape index (κ2) is 6.06. The monoisotopic (exact) mass is 387 g/mol. The Morgan fingerprint density at radius 1 is 1.36 bits per heavy atom. The molecule has 1 amide bonds. The van der Waals surface area contributed by atoms with E-state index in [2.05, 4.69) is 25.1 Å². The van der Waals surface area contributed by atoms with Gasteiger partial charge in [0.25, 0.3) is 5.91 Å². The molecule has 0 aromatic heterocycles. The van der Waals surface area contributed by atoms with Crippen LogP contribution in [0.1, 0.15) is 50.4 Å². The maximum atomic E-state index is 14.2. The first kappa shape index (κ1) is 18.3. The lowest BCUT2D eigenvalue weighted by Gasteiger charge is -2.39. The molecule has 0 saturated heterocycles. The molecule has 25 heavy (non-hydrogen) atoms. The number of ether oxygens (including phenoxy) is 1. The minimum absolute atomic E-state index is 0.0270. The topological polar surface area (TPSA) is 72.8 Å². The van der Waals surface area contributed by atoms with Crippen LogP contribution in [-0.2, 0) is 10.5 Å². The Bertz CT molecular complexity index is 875. The van der Waals surface area contributed by atoms with Gasteiger partial charge in [-0.25, -0.2) is 4.39 Å². The summed E-state index contributed by atoms with van der Waals surface area (Å²) < 4.78 is 44.0. The van der Waals surface area contributed by atoms with Crippen LogP contribution in [0.25, 0.3) is 0 Å². The number of hydrogen-bond donors (Lipinski definition) is 0. The van der Waals surface area contributed by atoms with E-state index in [0.29, 0.717) is 5.92 Å². The number of benzene rings is 1. The van der Waals surface area contributed by atoms with Crippen molar-refractivity contribution in [2.75, 3.05) is 0 Å². The van der Waals surface area contributed by atoms with Gasteiger partial charge in [0.05, 0.1) is 10.6 Å². The van der Waals surface area contributed by atoms with E-state index in [1.165, 1.54) is 0 Å². The van der Waals surface area contributed by atoms with Gasteiger partial charge in [0, 0.05) is 11.5 Å². The lowest BCUT2D eigenvalue weighted by Crippen LogP contribution is -2.38. The number of carbonyl (C=O) groups excluding carboxylic acids is 1. The quantitative estimate of drug-likeness (QED) is 0.776. The van der Waals surface area contributed by atoms with Crippen LogP contribution in [0.4, 0.5) is 4.39 Å². The maximum absolute atomic E-state index is 14.2. The van der Waals surface area contributed by atoms with Gasteiger partial charge < -0.3 is 4.74 Å². The maximum Gasteiger partial charge on any atom is 0.319 e. The van der Waals surface area contributed by atoms with Crippen LogP contribution in [0.5, 0.6) is 5.75 Å². The van der Waals surface area contributed by atoms with Gasteiger partial charge in [-0.05, 0) is 36.7 Å². The molecule has 2 fully saturated rings. The fourth-order valence-electron chi connectivity index (χ4n) is 4.36. The minimum atomic E-state index is -2.95. The molecule has 0 unspecified atom stereocenters. The van der Waals surface area contributed by atoms with Crippen LogP contribution in [0.2, 0.25) is 5.02 Å². The number of rotatable bonds is 3. The summed E-state index contributed by atoms with van der Waals surface area (Å²) in [5.74, 6) is -1.40. The SMILES string of the molecule is CC1(C)[C@H]2CC[C@]1(C)[C@H](Oc1cc(F)c(C(=O)N=S(=O)=O)cc1Cl)C2. The molecular weight excluding hydrogens is 369 g/mol. The molecule has 5 nitrogen and oxygen atoms in total.